The molecular weight excluding hydrogens is 313 g/mol. The summed E-state index contributed by atoms with van der Waals surface area (Å²) >= 11 is 0. The number of amides is 1. The third kappa shape index (κ3) is 2.94. The van der Waals surface area contributed by atoms with Crippen molar-refractivity contribution in [3.05, 3.63) is 48.5 Å². The molecule has 0 saturated carbocycles. The lowest BCUT2D eigenvalue weighted by atomic mass is 10.1. The van der Waals surface area contributed by atoms with E-state index in [-0.39, 0.29) is 18.3 Å². The highest BCUT2D eigenvalue weighted by Gasteiger charge is 2.18. The second kappa shape index (κ2) is 6.45. The van der Waals surface area contributed by atoms with Gasteiger partial charge in [-0.15, -0.1) is 0 Å². The van der Waals surface area contributed by atoms with E-state index >= 15 is 0 Å². The van der Waals surface area contributed by atoms with Crippen molar-refractivity contribution in [1.29, 1.82) is 0 Å². The minimum absolute atomic E-state index is 0.0914. The maximum absolute atomic E-state index is 13.1. The van der Waals surface area contributed by atoms with E-state index in [1.54, 1.807) is 31.3 Å². The molecule has 2 aromatic heterocycles. The normalized spacial score (nSPS) is 10.6. The first-order valence-electron chi connectivity index (χ1n) is 7.23. The Morgan fingerprint density at radius 2 is 2.04 bits per heavy atom. The second-order valence-electron chi connectivity index (χ2n) is 4.92. The van der Waals surface area contributed by atoms with Crippen LogP contribution in [0.15, 0.2) is 42.7 Å². The lowest BCUT2D eigenvalue weighted by molar-refractivity contribution is 0.202. The summed E-state index contributed by atoms with van der Waals surface area (Å²) in [6.07, 6.45) is 2.02. The van der Waals surface area contributed by atoms with Crippen molar-refractivity contribution in [3.8, 4) is 22.5 Å². The Hall–Kier alpha value is -3.29. The van der Waals surface area contributed by atoms with Crippen LogP contribution in [0.25, 0.3) is 22.5 Å². The second-order valence-corrected chi connectivity index (χ2v) is 4.92. The quantitative estimate of drug-likeness (QED) is 0.767. The summed E-state index contributed by atoms with van der Waals surface area (Å²) in [5.74, 6) is -0.242. The number of carbonyl (C=O) groups is 1. The Morgan fingerprint density at radius 3 is 2.71 bits per heavy atom. The molecule has 1 amide bonds. The van der Waals surface area contributed by atoms with E-state index in [1.165, 1.54) is 18.3 Å². The molecule has 0 bridgehead atoms. The molecule has 0 aliphatic heterocycles. The number of benzene rings is 1. The molecule has 3 aromatic rings. The molecule has 122 valence electrons. The summed E-state index contributed by atoms with van der Waals surface area (Å²) < 4.78 is 13.1. The highest BCUT2D eigenvalue weighted by Crippen LogP contribution is 2.29. The number of anilines is 1. The minimum atomic E-state index is -1.12. The number of nitrogens with zero attached hydrogens (tertiary/aromatic N) is 4. The van der Waals surface area contributed by atoms with Crippen molar-refractivity contribution < 1.29 is 14.3 Å². The van der Waals surface area contributed by atoms with Gasteiger partial charge < -0.3 is 5.11 Å². The summed E-state index contributed by atoms with van der Waals surface area (Å²) in [4.78, 5) is 20.6. The topological polar surface area (TPSA) is 95.0 Å². The summed E-state index contributed by atoms with van der Waals surface area (Å²) in [6.45, 7) is 1.93. The Labute approximate surface area is 136 Å². The maximum Gasteiger partial charge on any atom is 0.414 e. The molecule has 0 spiro atoms. The van der Waals surface area contributed by atoms with Crippen LogP contribution in [-0.2, 0) is 0 Å². The first kappa shape index (κ1) is 15.6. The molecule has 1 aromatic carbocycles. The van der Waals surface area contributed by atoms with Crippen molar-refractivity contribution in [2.24, 2.45) is 0 Å². The van der Waals surface area contributed by atoms with Crippen LogP contribution in [0.5, 0.6) is 0 Å². The zero-order chi connectivity index (χ0) is 17.1. The van der Waals surface area contributed by atoms with E-state index in [1.807, 2.05) is 0 Å². The summed E-state index contributed by atoms with van der Waals surface area (Å²) in [5.41, 5.74) is 2.51. The first-order chi connectivity index (χ1) is 11.6. The van der Waals surface area contributed by atoms with Crippen molar-refractivity contribution in [1.82, 2.24) is 20.2 Å². The number of hydrogen-bond donors (Lipinski definition) is 2. The molecule has 0 aliphatic rings. The van der Waals surface area contributed by atoms with Crippen LogP contribution < -0.4 is 4.90 Å². The summed E-state index contributed by atoms with van der Waals surface area (Å²) in [7, 11) is 0. The first-order valence-corrected chi connectivity index (χ1v) is 7.23. The smallest absolute Gasteiger partial charge is 0.414 e. The average Bonchev–Trinajstić information content (AvgIpc) is 3.06. The number of aromatic nitrogens is 4. The predicted octanol–water partition coefficient (Wildman–Crippen LogP) is 3.18. The van der Waals surface area contributed by atoms with Gasteiger partial charge in [-0.2, -0.15) is 5.10 Å². The van der Waals surface area contributed by atoms with Crippen LogP contribution in [0.1, 0.15) is 6.92 Å². The van der Waals surface area contributed by atoms with Gasteiger partial charge in [0.15, 0.2) is 0 Å². The molecule has 7 nitrogen and oxygen atoms in total. The number of nitrogens with one attached hydrogen (secondary N) is 1. The highest BCUT2D eigenvalue weighted by molar-refractivity contribution is 5.84. The molecule has 8 heteroatoms. The van der Waals surface area contributed by atoms with Gasteiger partial charge in [-0.3, -0.25) is 5.10 Å². The average molecular weight is 327 g/mol. The molecule has 0 saturated heterocycles. The number of carboxylic acid groups (broad SMARTS) is 1. The predicted molar refractivity (Wildman–Crippen MR) is 86.1 cm³/mol. The number of H-pyrrole nitrogens is 1. The molecule has 0 atom stereocenters. The van der Waals surface area contributed by atoms with Crippen LogP contribution in [-0.4, -0.2) is 37.9 Å². The summed E-state index contributed by atoms with van der Waals surface area (Å²) in [6, 6.07) is 7.60. The lowest BCUT2D eigenvalue weighted by Crippen LogP contribution is -2.30. The van der Waals surface area contributed by atoms with Gasteiger partial charge in [-0.25, -0.2) is 24.1 Å². The van der Waals surface area contributed by atoms with E-state index in [0.717, 1.165) is 10.5 Å². The van der Waals surface area contributed by atoms with E-state index in [9.17, 15) is 14.3 Å². The van der Waals surface area contributed by atoms with E-state index in [2.05, 4.69) is 20.2 Å². The van der Waals surface area contributed by atoms with Gasteiger partial charge in [-0.05, 0) is 37.3 Å². The number of rotatable bonds is 4. The van der Waals surface area contributed by atoms with Gasteiger partial charge in [0.2, 0.25) is 5.95 Å². The molecule has 0 unspecified atom stereocenters. The van der Waals surface area contributed by atoms with Crippen molar-refractivity contribution in [2.75, 3.05) is 11.4 Å². The summed E-state index contributed by atoms with van der Waals surface area (Å²) in [5, 5.41) is 16.1. The fraction of sp³-hybridized carbons (Fsp3) is 0.125. The fourth-order valence-corrected chi connectivity index (χ4v) is 2.30. The zero-order valence-corrected chi connectivity index (χ0v) is 12.8. The Morgan fingerprint density at radius 1 is 1.29 bits per heavy atom. The number of halogens is 1. The third-order valence-corrected chi connectivity index (χ3v) is 3.47. The molecule has 0 fully saturated rings. The monoisotopic (exact) mass is 327 g/mol. The molecule has 0 aliphatic carbocycles. The standard InChI is InChI=1S/C16H14FN5O2/c1-2-22(16(23)24)15-18-8-7-13(20-15)12-9-19-21-14(12)10-3-5-11(17)6-4-10/h3-9H,2H2,1H3,(H,19,21)(H,23,24). The Balaban J connectivity index is 2.03. The van der Waals surface area contributed by atoms with Crippen molar-refractivity contribution in [3.63, 3.8) is 0 Å². The molecular formula is C16H14FN5O2. The number of aromatic amines is 1. The van der Waals surface area contributed by atoms with E-state index in [4.69, 9.17) is 0 Å². The minimum Gasteiger partial charge on any atom is -0.465 e. The van der Waals surface area contributed by atoms with Crippen LogP contribution in [0.3, 0.4) is 0 Å². The van der Waals surface area contributed by atoms with Crippen LogP contribution in [0, 0.1) is 5.82 Å². The van der Waals surface area contributed by atoms with E-state index in [0.29, 0.717) is 17.0 Å². The Bertz CT molecular complexity index is 863. The highest BCUT2D eigenvalue weighted by atomic mass is 19.1. The van der Waals surface area contributed by atoms with Gasteiger partial charge in [0, 0.05) is 30.1 Å². The van der Waals surface area contributed by atoms with Crippen LogP contribution in [0.4, 0.5) is 15.1 Å². The fourth-order valence-electron chi connectivity index (χ4n) is 2.30. The Kier molecular flexibility index (Phi) is 4.19. The van der Waals surface area contributed by atoms with Gasteiger partial charge >= 0.3 is 6.09 Å². The van der Waals surface area contributed by atoms with Gasteiger partial charge in [-0.1, -0.05) is 0 Å². The lowest BCUT2D eigenvalue weighted by Gasteiger charge is -2.15. The molecule has 2 heterocycles. The maximum atomic E-state index is 13.1. The number of hydrogen-bond acceptors (Lipinski definition) is 4. The van der Waals surface area contributed by atoms with Crippen molar-refractivity contribution in [2.45, 2.75) is 6.92 Å². The SMILES string of the molecule is CCN(C(=O)O)c1nccc(-c2c[nH]nc2-c2ccc(F)cc2)n1. The third-order valence-electron chi connectivity index (χ3n) is 3.47. The molecule has 2 N–H and O–H groups in total. The molecule has 3 rings (SSSR count). The molecule has 0 radical (unpaired) electrons. The van der Waals surface area contributed by atoms with Crippen molar-refractivity contribution >= 4 is 12.0 Å². The van der Waals surface area contributed by atoms with Gasteiger partial charge in [0.25, 0.3) is 0 Å². The van der Waals surface area contributed by atoms with Crippen LogP contribution >= 0.6 is 0 Å². The van der Waals surface area contributed by atoms with Crippen LogP contribution in [0.2, 0.25) is 0 Å². The van der Waals surface area contributed by atoms with Gasteiger partial charge in [0.1, 0.15) is 11.5 Å². The van der Waals surface area contributed by atoms with E-state index < -0.39 is 6.09 Å². The zero-order valence-electron chi connectivity index (χ0n) is 12.8. The largest absolute Gasteiger partial charge is 0.465 e. The molecule has 24 heavy (non-hydrogen) atoms. The van der Waals surface area contributed by atoms with Gasteiger partial charge in [0.05, 0.1) is 5.69 Å².